The molecule has 1 amide bonds. The standard InChI is InChI=1S/C24H31N5O2/c1-16-10-11-19-22(17(16)2)28-21(27-19)15-29(14-4-3-12-26-24(30)31)20-9-5-7-18-8-6-13-25-23(18)20/h6,8,10-11,13,20,26H,3-5,7,9,12,14-15H2,1-2H3,(H,27,28)(H,30,31). The monoisotopic (exact) mass is 421 g/mol. The van der Waals surface area contributed by atoms with Crippen LogP contribution < -0.4 is 5.32 Å². The third kappa shape index (κ3) is 4.88. The first-order valence-electron chi connectivity index (χ1n) is 11.1. The first-order valence-corrected chi connectivity index (χ1v) is 11.1. The van der Waals surface area contributed by atoms with Crippen molar-refractivity contribution in [1.29, 1.82) is 0 Å². The molecule has 164 valence electrons. The second kappa shape index (κ2) is 9.47. The average molecular weight is 422 g/mol. The lowest BCUT2D eigenvalue weighted by Gasteiger charge is -2.34. The molecule has 4 rings (SSSR count). The lowest BCUT2D eigenvalue weighted by molar-refractivity contribution is 0.158. The molecule has 0 aliphatic heterocycles. The molecule has 0 saturated heterocycles. The number of benzene rings is 1. The summed E-state index contributed by atoms with van der Waals surface area (Å²) in [6.07, 6.45) is 5.96. The van der Waals surface area contributed by atoms with Gasteiger partial charge in [0.15, 0.2) is 0 Å². The van der Waals surface area contributed by atoms with Gasteiger partial charge in [-0.1, -0.05) is 12.1 Å². The number of rotatable bonds is 8. The van der Waals surface area contributed by atoms with Crippen LogP contribution in [0.5, 0.6) is 0 Å². The van der Waals surface area contributed by atoms with E-state index in [0.29, 0.717) is 6.54 Å². The fraction of sp³-hybridized carbons (Fsp3) is 0.458. The van der Waals surface area contributed by atoms with E-state index >= 15 is 0 Å². The maximum atomic E-state index is 10.7. The predicted molar refractivity (Wildman–Crippen MR) is 121 cm³/mol. The van der Waals surface area contributed by atoms with E-state index in [4.69, 9.17) is 15.1 Å². The Morgan fingerprint density at radius 1 is 1.29 bits per heavy atom. The van der Waals surface area contributed by atoms with Crippen LogP contribution in [0.1, 0.15) is 59.9 Å². The molecular formula is C24H31N5O2. The van der Waals surface area contributed by atoms with E-state index in [0.717, 1.165) is 62.1 Å². The van der Waals surface area contributed by atoms with Crippen molar-refractivity contribution in [2.24, 2.45) is 0 Å². The van der Waals surface area contributed by atoms with Crippen molar-refractivity contribution in [2.45, 2.75) is 58.5 Å². The summed E-state index contributed by atoms with van der Waals surface area (Å²) in [6.45, 7) is 6.31. The first kappa shape index (κ1) is 21.3. The smallest absolute Gasteiger partial charge is 0.404 e. The number of nitrogens with one attached hydrogen (secondary N) is 2. The summed E-state index contributed by atoms with van der Waals surface area (Å²) in [5.74, 6) is 0.968. The topological polar surface area (TPSA) is 94.1 Å². The minimum Gasteiger partial charge on any atom is -0.465 e. The molecule has 0 spiro atoms. The maximum Gasteiger partial charge on any atom is 0.404 e. The summed E-state index contributed by atoms with van der Waals surface area (Å²) < 4.78 is 0. The molecule has 3 N–H and O–H groups in total. The molecule has 0 saturated carbocycles. The van der Waals surface area contributed by atoms with Gasteiger partial charge in [-0.2, -0.15) is 0 Å². The van der Waals surface area contributed by atoms with Gasteiger partial charge >= 0.3 is 6.09 Å². The molecule has 1 aliphatic carbocycles. The highest BCUT2D eigenvalue weighted by Gasteiger charge is 2.27. The van der Waals surface area contributed by atoms with Gasteiger partial charge in [-0.05, 0) is 81.3 Å². The molecular weight excluding hydrogens is 390 g/mol. The van der Waals surface area contributed by atoms with E-state index in [-0.39, 0.29) is 6.04 Å². The Morgan fingerprint density at radius 3 is 3.00 bits per heavy atom. The Kier molecular flexibility index (Phi) is 6.51. The van der Waals surface area contributed by atoms with Gasteiger partial charge in [-0.25, -0.2) is 9.78 Å². The van der Waals surface area contributed by atoms with Gasteiger partial charge in [0.1, 0.15) is 5.82 Å². The molecule has 0 fully saturated rings. The van der Waals surface area contributed by atoms with Gasteiger partial charge in [0.05, 0.1) is 29.3 Å². The number of unbranched alkanes of at least 4 members (excludes halogenated alkanes) is 1. The van der Waals surface area contributed by atoms with E-state index in [1.807, 2.05) is 12.3 Å². The van der Waals surface area contributed by atoms with E-state index in [2.05, 4.69) is 47.2 Å². The number of aromatic amines is 1. The Hall–Kier alpha value is -2.93. The molecule has 2 aromatic heterocycles. The summed E-state index contributed by atoms with van der Waals surface area (Å²) >= 11 is 0. The number of fused-ring (bicyclic) bond motifs is 2. The number of nitrogens with zero attached hydrogens (tertiary/aromatic N) is 3. The zero-order valence-corrected chi connectivity index (χ0v) is 18.3. The summed E-state index contributed by atoms with van der Waals surface area (Å²) in [5, 5.41) is 11.3. The van der Waals surface area contributed by atoms with Crippen molar-refractivity contribution in [2.75, 3.05) is 13.1 Å². The zero-order chi connectivity index (χ0) is 21.8. The Labute approximate surface area is 182 Å². The summed E-state index contributed by atoms with van der Waals surface area (Å²) in [7, 11) is 0. The number of carboxylic acid groups (broad SMARTS) is 1. The SMILES string of the molecule is Cc1ccc2[nH]c(CN(CCCCNC(=O)O)C3CCCc4cccnc43)nc2c1C. The van der Waals surface area contributed by atoms with Crippen molar-refractivity contribution in [3.63, 3.8) is 0 Å². The van der Waals surface area contributed by atoms with Crippen LogP contribution in [-0.4, -0.2) is 44.1 Å². The number of aromatic nitrogens is 3. The quantitative estimate of drug-likeness (QED) is 0.466. The summed E-state index contributed by atoms with van der Waals surface area (Å²) in [6, 6.07) is 8.71. The number of hydrogen-bond donors (Lipinski definition) is 3. The minimum atomic E-state index is -0.963. The van der Waals surface area contributed by atoms with Gasteiger partial charge in [0.2, 0.25) is 0 Å². The Balaban J connectivity index is 1.55. The molecule has 0 radical (unpaired) electrons. The molecule has 3 aromatic rings. The molecule has 1 atom stereocenters. The maximum absolute atomic E-state index is 10.7. The van der Waals surface area contributed by atoms with Crippen molar-refractivity contribution in [3.8, 4) is 0 Å². The highest BCUT2D eigenvalue weighted by molar-refractivity contribution is 5.79. The number of aryl methyl sites for hydroxylation is 3. The second-order valence-corrected chi connectivity index (χ2v) is 8.45. The third-order valence-electron chi connectivity index (χ3n) is 6.33. The highest BCUT2D eigenvalue weighted by Crippen LogP contribution is 2.34. The molecule has 2 heterocycles. The predicted octanol–water partition coefficient (Wildman–Crippen LogP) is 4.50. The minimum absolute atomic E-state index is 0.258. The van der Waals surface area contributed by atoms with Crippen LogP contribution in [0, 0.1) is 13.8 Å². The number of imidazole rings is 1. The first-order chi connectivity index (χ1) is 15.0. The van der Waals surface area contributed by atoms with E-state index in [9.17, 15) is 4.79 Å². The van der Waals surface area contributed by atoms with Crippen LogP contribution >= 0.6 is 0 Å². The van der Waals surface area contributed by atoms with Gasteiger partial charge in [-0.3, -0.25) is 9.88 Å². The number of H-pyrrole nitrogens is 1. The number of hydrogen-bond acceptors (Lipinski definition) is 4. The average Bonchev–Trinajstić information content (AvgIpc) is 3.18. The van der Waals surface area contributed by atoms with Crippen molar-refractivity contribution in [3.05, 3.63) is 58.7 Å². The highest BCUT2D eigenvalue weighted by atomic mass is 16.4. The lowest BCUT2D eigenvalue weighted by Crippen LogP contribution is -2.33. The van der Waals surface area contributed by atoms with Crippen LogP contribution in [0.15, 0.2) is 30.5 Å². The normalized spacial score (nSPS) is 15.9. The van der Waals surface area contributed by atoms with Gasteiger partial charge in [0, 0.05) is 12.7 Å². The van der Waals surface area contributed by atoms with Gasteiger partial charge in [-0.15, -0.1) is 0 Å². The molecule has 1 aliphatic rings. The lowest BCUT2D eigenvalue weighted by atomic mass is 9.90. The van der Waals surface area contributed by atoms with Crippen molar-refractivity contribution < 1.29 is 9.90 Å². The molecule has 0 bridgehead atoms. The van der Waals surface area contributed by atoms with E-state index < -0.39 is 6.09 Å². The number of carbonyl (C=O) groups is 1. The molecule has 7 heteroatoms. The molecule has 7 nitrogen and oxygen atoms in total. The fourth-order valence-electron chi connectivity index (χ4n) is 4.55. The second-order valence-electron chi connectivity index (χ2n) is 8.45. The molecule has 1 aromatic carbocycles. The van der Waals surface area contributed by atoms with Crippen LogP contribution in [0.2, 0.25) is 0 Å². The van der Waals surface area contributed by atoms with Crippen LogP contribution in [-0.2, 0) is 13.0 Å². The van der Waals surface area contributed by atoms with E-state index in [1.54, 1.807) is 0 Å². The zero-order valence-electron chi connectivity index (χ0n) is 18.3. The number of amides is 1. The largest absolute Gasteiger partial charge is 0.465 e. The number of pyridine rings is 1. The van der Waals surface area contributed by atoms with Crippen LogP contribution in [0.4, 0.5) is 4.79 Å². The van der Waals surface area contributed by atoms with Crippen molar-refractivity contribution in [1.82, 2.24) is 25.2 Å². The molecule has 1 unspecified atom stereocenters. The molecule has 31 heavy (non-hydrogen) atoms. The van der Waals surface area contributed by atoms with E-state index in [1.165, 1.54) is 22.4 Å². The van der Waals surface area contributed by atoms with Crippen LogP contribution in [0.25, 0.3) is 11.0 Å². The van der Waals surface area contributed by atoms with Crippen molar-refractivity contribution >= 4 is 17.1 Å². The Bertz CT molecular complexity index is 1060. The van der Waals surface area contributed by atoms with Gasteiger partial charge in [0.25, 0.3) is 0 Å². The van der Waals surface area contributed by atoms with Crippen LogP contribution in [0.3, 0.4) is 0 Å². The fourth-order valence-corrected chi connectivity index (χ4v) is 4.55. The Morgan fingerprint density at radius 2 is 2.16 bits per heavy atom. The third-order valence-corrected chi connectivity index (χ3v) is 6.33. The van der Waals surface area contributed by atoms with Gasteiger partial charge < -0.3 is 15.4 Å². The summed E-state index contributed by atoms with van der Waals surface area (Å²) in [4.78, 5) is 26.4. The summed E-state index contributed by atoms with van der Waals surface area (Å²) in [5.41, 5.74) is 7.11.